The van der Waals surface area contributed by atoms with Crippen LogP contribution in [0.3, 0.4) is 0 Å². The third-order valence-electron chi connectivity index (χ3n) is 6.37. The summed E-state index contributed by atoms with van der Waals surface area (Å²) in [5.74, 6) is -0.878. The Hall–Kier alpha value is -4.70. The van der Waals surface area contributed by atoms with Gasteiger partial charge in [0.1, 0.15) is 0 Å². The molecule has 160 valence electrons. The Labute approximate surface area is 193 Å². The largest absolute Gasteiger partial charge is 0.289 e. The van der Waals surface area contributed by atoms with Gasteiger partial charge in [-0.2, -0.15) is 0 Å². The van der Waals surface area contributed by atoms with Crippen LogP contribution in [0.1, 0.15) is 31.8 Å². The summed E-state index contributed by atoms with van der Waals surface area (Å²) >= 11 is 0. The summed E-state index contributed by atoms with van der Waals surface area (Å²) in [5, 5.41) is 3.34. The van der Waals surface area contributed by atoms with Crippen molar-refractivity contribution in [2.45, 2.75) is 0 Å². The minimum Gasteiger partial charge on any atom is -0.289 e. The predicted molar refractivity (Wildman–Crippen MR) is 134 cm³/mol. The van der Waals surface area contributed by atoms with Crippen LogP contribution >= 0.6 is 0 Å². The zero-order chi connectivity index (χ0) is 23.4. The van der Waals surface area contributed by atoms with E-state index in [0.29, 0.717) is 10.9 Å². The van der Waals surface area contributed by atoms with Crippen molar-refractivity contribution in [1.29, 1.82) is 0 Å². The molecule has 0 radical (unpaired) electrons. The molecule has 0 heterocycles. The summed E-state index contributed by atoms with van der Waals surface area (Å²) in [6, 6.07) is 27.9. The Kier molecular flexibility index (Phi) is 4.36. The molecule has 34 heavy (non-hydrogen) atoms. The zero-order valence-electron chi connectivity index (χ0n) is 17.9. The smallest absolute Gasteiger partial charge is 0.238 e. The monoisotopic (exact) mass is 440 g/mol. The maximum absolute atomic E-state index is 13.7. The molecule has 0 saturated carbocycles. The van der Waals surface area contributed by atoms with Crippen molar-refractivity contribution in [3.05, 3.63) is 140 Å². The fraction of sp³-hybridized carbons (Fsp3) is 0. The lowest BCUT2D eigenvalue weighted by atomic mass is 9.84. The van der Waals surface area contributed by atoms with Crippen LogP contribution in [0.5, 0.6) is 0 Å². The fourth-order valence-electron chi connectivity index (χ4n) is 4.82. The number of rotatable bonds is 4. The molecule has 0 aromatic heterocycles. The summed E-state index contributed by atoms with van der Waals surface area (Å²) in [6.07, 6.45) is 0. The van der Waals surface area contributed by atoms with E-state index < -0.39 is 16.6 Å². The molecule has 6 rings (SSSR count). The molecule has 0 fully saturated rings. The number of hydrogen-bond donors (Lipinski definition) is 0. The standard InChI is InChI=1S/C30H16O4/c31-27(18-8-3-1-4-9-18)22-16-20-13-7-12-17-14-15-21-24(23(17)20)25(22)26(30(34)29(21)33)28(32)19-10-5-2-6-11-19/h1-16H. The third kappa shape index (κ3) is 2.79. The SMILES string of the molecule is O=C(c1ccccc1)c1cc2cccc3ccc4c(=O)c(=O)c(C(=O)c5ccccc5)c1c4c32. The van der Waals surface area contributed by atoms with E-state index in [2.05, 4.69) is 0 Å². The first-order valence-electron chi connectivity index (χ1n) is 10.9. The molecule has 6 aromatic rings. The maximum Gasteiger partial charge on any atom is 0.238 e. The molecular weight excluding hydrogens is 424 g/mol. The van der Waals surface area contributed by atoms with Crippen molar-refractivity contribution in [1.82, 2.24) is 0 Å². The second kappa shape index (κ2) is 7.42. The Morgan fingerprint density at radius 2 is 1.12 bits per heavy atom. The van der Waals surface area contributed by atoms with E-state index in [0.717, 1.165) is 16.2 Å². The Morgan fingerprint density at radius 1 is 0.500 bits per heavy atom. The van der Waals surface area contributed by atoms with Gasteiger partial charge in [-0.1, -0.05) is 84.9 Å². The van der Waals surface area contributed by atoms with Crippen LogP contribution in [-0.2, 0) is 0 Å². The summed E-state index contributed by atoms with van der Waals surface area (Å²) in [5.41, 5.74) is -0.914. The number of carbonyl (C=O) groups excluding carboxylic acids is 2. The second-order valence-corrected chi connectivity index (χ2v) is 8.29. The van der Waals surface area contributed by atoms with Crippen molar-refractivity contribution >= 4 is 43.9 Å². The molecule has 0 bridgehead atoms. The summed E-state index contributed by atoms with van der Waals surface area (Å²) in [4.78, 5) is 53.9. The minimum absolute atomic E-state index is 0.219. The molecule has 0 atom stereocenters. The molecule has 0 aliphatic rings. The van der Waals surface area contributed by atoms with Gasteiger partial charge in [0.25, 0.3) is 0 Å². The molecule has 0 amide bonds. The first kappa shape index (κ1) is 19.9. The normalized spacial score (nSPS) is 11.4. The highest BCUT2D eigenvalue weighted by Gasteiger charge is 2.27. The van der Waals surface area contributed by atoms with Crippen molar-refractivity contribution in [2.75, 3.05) is 0 Å². The predicted octanol–water partition coefficient (Wildman–Crippen LogP) is 5.20. The van der Waals surface area contributed by atoms with Gasteiger partial charge in [0.2, 0.25) is 10.9 Å². The highest BCUT2D eigenvalue weighted by Crippen LogP contribution is 2.37. The first-order valence-corrected chi connectivity index (χ1v) is 10.9. The lowest BCUT2D eigenvalue weighted by Gasteiger charge is -2.16. The first-order chi connectivity index (χ1) is 16.6. The lowest BCUT2D eigenvalue weighted by molar-refractivity contribution is 0.103. The molecule has 4 nitrogen and oxygen atoms in total. The van der Waals surface area contributed by atoms with Gasteiger partial charge in [-0.3, -0.25) is 19.2 Å². The van der Waals surface area contributed by atoms with Crippen molar-refractivity contribution < 1.29 is 9.59 Å². The molecule has 6 aromatic carbocycles. The summed E-state index contributed by atoms with van der Waals surface area (Å²) in [6.45, 7) is 0. The van der Waals surface area contributed by atoms with E-state index in [1.54, 1.807) is 72.8 Å². The van der Waals surface area contributed by atoms with Gasteiger partial charge in [0, 0.05) is 32.8 Å². The zero-order valence-corrected chi connectivity index (χ0v) is 17.9. The molecule has 4 heteroatoms. The molecule has 0 aliphatic carbocycles. The van der Waals surface area contributed by atoms with Gasteiger partial charge in [-0.25, -0.2) is 0 Å². The van der Waals surface area contributed by atoms with Crippen molar-refractivity contribution in [2.24, 2.45) is 0 Å². The average molecular weight is 440 g/mol. The highest BCUT2D eigenvalue weighted by atomic mass is 16.2. The second-order valence-electron chi connectivity index (χ2n) is 8.29. The van der Waals surface area contributed by atoms with Gasteiger partial charge in [-0.05, 0) is 28.3 Å². The highest BCUT2D eigenvalue weighted by molar-refractivity contribution is 6.33. The van der Waals surface area contributed by atoms with Gasteiger partial charge < -0.3 is 0 Å². The summed E-state index contributed by atoms with van der Waals surface area (Å²) in [7, 11) is 0. The van der Waals surface area contributed by atoms with Crippen LogP contribution in [0.15, 0.2) is 107 Å². The maximum atomic E-state index is 13.7. The van der Waals surface area contributed by atoms with Crippen LogP contribution in [0.25, 0.3) is 32.3 Å². The molecule has 0 unspecified atom stereocenters. The van der Waals surface area contributed by atoms with Crippen LogP contribution in [0.2, 0.25) is 0 Å². The van der Waals surface area contributed by atoms with Gasteiger partial charge in [0.05, 0.1) is 5.56 Å². The van der Waals surface area contributed by atoms with Crippen molar-refractivity contribution in [3.63, 3.8) is 0 Å². The number of hydrogen-bond acceptors (Lipinski definition) is 4. The Morgan fingerprint density at radius 3 is 1.79 bits per heavy atom. The molecule has 0 saturated heterocycles. The third-order valence-corrected chi connectivity index (χ3v) is 6.37. The molecule has 0 aliphatic heterocycles. The van der Waals surface area contributed by atoms with E-state index in [4.69, 9.17) is 0 Å². The van der Waals surface area contributed by atoms with Crippen LogP contribution in [-0.4, -0.2) is 11.6 Å². The van der Waals surface area contributed by atoms with Crippen molar-refractivity contribution in [3.8, 4) is 0 Å². The number of benzene rings is 6. The van der Waals surface area contributed by atoms with E-state index in [1.807, 2.05) is 24.3 Å². The topological polar surface area (TPSA) is 68.3 Å². The summed E-state index contributed by atoms with van der Waals surface area (Å²) < 4.78 is 0. The average Bonchev–Trinajstić information content (AvgIpc) is 2.89. The minimum atomic E-state index is -0.887. The lowest BCUT2D eigenvalue weighted by Crippen LogP contribution is -2.31. The van der Waals surface area contributed by atoms with Crippen LogP contribution in [0, 0.1) is 0 Å². The molecule has 0 spiro atoms. The Bertz CT molecular complexity index is 1860. The molecule has 0 N–H and O–H groups in total. The fourth-order valence-corrected chi connectivity index (χ4v) is 4.82. The van der Waals surface area contributed by atoms with E-state index >= 15 is 0 Å². The van der Waals surface area contributed by atoms with E-state index in [9.17, 15) is 19.2 Å². The van der Waals surface area contributed by atoms with Gasteiger partial charge >= 0.3 is 0 Å². The number of carbonyl (C=O) groups is 2. The van der Waals surface area contributed by atoms with E-state index in [1.165, 1.54) is 0 Å². The number of ketones is 2. The van der Waals surface area contributed by atoms with Crippen LogP contribution in [0.4, 0.5) is 0 Å². The van der Waals surface area contributed by atoms with Gasteiger partial charge in [0.15, 0.2) is 11.6 Å². The molecular formula is C30H16O4. The quantitative estimate of drug-likeness (QED) is 0.215. The van der Waals surface area contributed by atoms with Gasteiger partial charge in [-0.15, -0.1) is 0 Å². The Balaban J connectivity index is 1.85. The van der Waals surface area contributed by atoms with E-state index in [-0.39, 0.29) is 33.2 Å². The van der Waals surface area contributed by atoms with Crippen LogP contribution < -0.4 is 10.9 Å².